The first kappa shape index (κ1) is 53.8. The van der Waals surface area contributed by atoms with E-state index in [-0.39, 0.29) is 48.0 Å². The average Bonchev–Trinajstić information content (AvgIpc) is 3.84. The van der Waals surface area contributed by atoms with Crippen molar-refractivity contribution in [3.63, 3.8) is 0 Å². The van der Waals surface area contributed by atoms with Gasteiger partial charge >= 0.3 is 18.1 Å². The number of aryl methyl sites for hydroxylation is 1. The maximum atomic E-state index is 14.5. The number of aliphatic hydroxyl groups is 1. The lowest BCUT2D eigenvalue weighted by Crippen LogP contribution is -2.47. The van der Waals surface area contributed by atoms with Crippen molar-refractivity contribution in [1.29, 1.82) is 0 Å². The largest absolute Gasteiger partial charge is 0.508 e. The summed E-state index contributed by atoms with van der Waals surface area (Å²) < 4.78 is 24.1. The quantitative estimate of drug-likeness (QED) is 0.0420. The fourth-order valence-corrected chi connectivity index (χ4v) is 9.69. The number of Topliss-reactive ketones (excluding diaryl/α,β-unsaturated/α-hetero) is 1. The molecule has 3 heterocycles. The van der Waals surface area contributed by atoms with Gasteiger partial charge in [-0.2, -0.15) is 0 Å². The molecule has 0 bridgehead atoms. The van der Waals surface area contributed by atoms with Crippen LogP contribution in [0.2, 0.25) is 5.02 Å². The molecule has 2 amide bonds. The molecular weight excluding hydrogens is 908 g/mol. The molecule has 0 unspecified atom stereocenters. The smallest absolute Gasteiger partial charge is 0.457 e. The summed E-state index contributed by atoms with van der Waals surface area (Å²) in [5, 5.41) is 12.6. The Bertz CT molecular complexity index is 2320. The molecule has 2 aromatic carbocycles. The lowest BCUT2D eigenvalue weighted by molar-refractivity contribution is -0.156. The van der Waals surface area contributed by atoms with E-state index < -0.39 is 59.9 Å². The van der Waals surface area contributed by atoms with Crippen molar-refractivity contribution in [2.24, 2.45) is 17.3 Å². The third-order valence-corrected chi connectivity index (χ3v) is 14.1. The van der Waals surface area contributed by atoms with Crippen molar-refractivity contribution in [3.05, 3.63) is 94.0 Å². The fraction of sp³-hybridized carbons (Fsp3) is 0.528. The van der Waals surface area contributed by atoms with Crippen LogP contribution in [0.25, 0.3) is 10.2 Å². The number of imide groups is 1. The number of fused-ring (bicyclic) bond motifs is 1. The zero-order valence-electron chi connectivity index (χ0n) is 40.1. The van der Waals surface area contributed by atoms with Gasteiger partial charge < -0.3 is 24.1 Å². The van der Waals surface area contributed by atoms with Crippen LogP contribution in [0.5, 0.6) is 5.75 Å². The minimum absolute atomic E-state index is 0.145. The van der Waals surface area contributed by atoms with Crippen LogP contribution in [0.15, 0.2) is 72.9 Å². The Labute approximate surface area is 409 Å². The molecule has 2 aliphatic rings. The first-order chi connectivity index (χ1) is 32.5. The van der Waals surface area contributed by atoms with Gasteiger partial charge in [0, 0.05) is 31.5 Å². The number of unbranched alkanes of at least 4 members (excludes halogenated alkanes) is 7. The third-order valence-electron chi connectivity index (χ3n) is 12.8. The number of carbonyl (C=O) groups excluding carboxylic acids is 6. The van der Waals surface area contributed by atoms with E-state index in [2.05, 4.69) is 17.6 Å². The maximum Gasteiger partial charge on any atom is 0.508 e. The van der Waals surface area contributed by atoms with Gasteiger partial charge in [-0.1, -0.05) is 101 Å². The summed E-state index contributed by atoms with van der Waals surface area (Å²) >= 11 is 8.08. The van der Waals surface area contributed by atoms with Crippen molar-refractivity contribution < 1.29 is 52.8 Å². The SMILES string of the molecule is C=CC[C@H]1C(=O)C(C)(C)[C@H](O)CC(=O)O[C@@H](c2ccc3sc(C)nc3c2)C/C=C(/C)CCC[C@H](C)[C@@H]1OC(=O)OCc1ccc(OC(=O)CCCCCCCCCCN2C(=O)C=CC2=O)c(Cl)c1. The van der Waals surface area contributed by atoms with Gasteiger partial charge in [0.05, 0.1) is 44.1 Å². The summed E-state index contributed by atoms with van der Waals surface area (Å²) in [5.74, 6) is -2.96. The Kier molecular flexibility index (Phi) is 20.5. The summed E-state index contributed by atoms with van der Waals surface area (Å²) in [4.78, 5) is 83.2. The van der Waals surface area contributed by atoms with Gasteiger partial charge in [-0.3, -0.25) is 28.9 Å². The highest BCUT2D eigenvalue weighted by Gasteiger charge is 2.45. The molecule has 1 aromatic heterocycles. The molecular formula is C53H67ClN2O11S. The highest BCUT2D eigenvalue weighted by molar-refractivity contribution is 7.18. The normalized spacial score (nSPS) is 22.4. The van der Waals surface area contributed by atoms with Crippen LogP contribution in [0.4, 0.5) is 4.79 Å². The van der Waals surface area contributed by atoms with Crippen LogP contribution < -0.4 is 4.74 Å². The number of ether oxygens (including phenoxy) is 4. The van der Waals surface area contributed by atoms with Gasteiger partial charge in [0.25, 0.3) is 11.8 Å². The zero-order valence-corrected chi connectivity index (χ0v) is 41.7. The third kappa shape index (κ3) is 15.7. The van der Waals surface area contributed by atoms with Crippen LogP contribution in [0.3, 0.4) is 0 Å². The Balaban J connectivity index is 1.13. The summed E-state index contributed by atoms with van der Waals surface area (Å²) in [5.41, 5.74) is 1.78. The fourth-order valence-electron chi connectivity index (χ4n) is 8.65. The Morgan fingerprint density at radius 3 is 2.37 bits per heavy atom. The highest BCUT2D eigenvalue weighted by atomic mass is 35.5. The molecule has 68 heavy (non-hydrogen) atoms. The van der Waals surface area contributed by atoms with E-state index >= 15 is 0 Å². The number of rotatable bonds is 18. The molecule has 0 spiro atoms. The number of aliphatic hydroxyl groups excluding tert-OH is 1. The lowest BCUT2D eigenvalue weighted by atomic mass is 9.71. The number of halogens is 1. The summed E-state index contributed by atoms with van der Waals surface area (Å²) in [6.07, 6.45) is 12.0. The molecule has 0 fully saturated rings. The van der Waals surface area contributed by atoms with Crippen LogP contribution in [-0.2, 0) is 44.8 Å². The molecule has 5 rings (SSSR count). The molecule has 3 aromatic rings. The van der Waals surface area contributed by atoms with Gasteiger partial charge in [0.15, 0.2) is 0 Å². The zero-order chi connectivity index (χ0) is 49.4. The van der Waals surface area contributed by atoms with E-state index in [0.29, 0.717) is 31.4 Å². The minimum atomic E-state index is -1.44. The van der Waals surface area contributed by atoms with Crippen LogP contribution in [-0.4, -0.2) is 69.4 Å². The van der Waals surface area contributed by atoms with Crippen molar-refractivity contribution in [2.75, 3.05) is 6.54 Å². The second kappa shape index (κ2) is 26.0. The van der Waals surface area contributed by atoms with Gasteiger partial charge in [-0.25, -0.2) is 9.78 Å². The number of benzene rings is 2. The molecule has 2 aliphatic heterocycles. The number of hydrogen-bond acceptors (Lipinski definition) is 13. The monoisotopic (exact) mass is 974 g/mol. The first-order valence-electron chi connectivity index (χ1n) is 23.9. The maximum absolute atomic E-state index is 14.5. The number of thiazole rings is 1. The molecule has 368 valence electrons. The molecule has 0 saturated carbocycles. The number of carbonyl (C=O) groups is 6. The molecule has 0 radical (unpaired) electrons. The second-order valence-corrected chi connectivity index (χ2v) is 20.3. The number of aromatic nitrogens is 1. The summed E-state index contributed by atoms with van der Waals surface area (Å²) in [7, 11) is 0. The van der Waals surface area contributed by atoms with Gasteiger partial charge in [-0.05, 0) is 93.7 Å². The lowest BCUT2D eigenvalue weighted by Gasteiger charge is -2.37. The van der Waals surface area contributed by atoms with Gasteiger partial charge in [-0.15, -0.1) is 17.9 Å². The number of cyclic esters (lactones) is 1. The number of nitrogens with zero attached hydrogens (tertiary/aromatic N) is 2. The predicted molar refractivity (Wildman–Crippen MR) is 262 cm³/mol. The average molecular weight is 976 g/mol. The molecule has 1 N–H and O–H groups in total. The van der Waals surface area contributed by atoms with Gasteiger partial charge in [0.2, 0.25) is 0 Å². The van der Waals surface area contributed by atoms with Crippen LogP contribution in [0, 0.1) is 24.2 Å². The minimum Gasteiger partial charge on any atom is -0.457 e. The van der Waals surface area contributed by atoms with E-state index in [1.165, 1.54) is 17.1 Å². The molecule has 0 saturated heterocycles. The van der Waals surface area contributed by atoms with Crippen molar-refractivity contribution in [2.45, 2.75) is 156 Å². The van der Waals surface area contributed by atoms with E-state index in [4.69, 9.17) is 30.5 Å². The van der Waals surface area contributed by atoms with E-state index in [1.54, 1.807) is 49.5 Å². The van der Waals surface area contributed by atoms with Crippen LogP contribution >= 0.6 is 22.9 Å². The van der Waals surface area contributed by atoms with Crippen molar-refractivity contribution >= 4 is 68.8 Å². The topological polar surface area (TPSA) is 176 Å². The van der Waals surface area contributed by atoms with Crippen molar-refractivity contribution in [1.82, 2.24) is 9.88 Å². The number of allylic oxidation sites excluding steroid dienone is 2. The van der Waals surface area contributed by atoms with Crippen LogP contribution in [0.1, 0.15) is 146 Å². The first-order valence-corrected chi connectivity index (χ1v) is 25.1. The standard InChI is InChI=1S/C53H67ClN2O11S/c1-7-17-39-50(35(3)19-16-18-34(2)21-24-42(38-23-26-44-41(31-38)55-36(4)68-44)65-49(61)32-45(57)53(5,6)51(39)62)67-52(63)64-33-37-22-25-43(40(54)30-37)66-48(60)20-14-12-10-8-9-11-13-15-29-56-46(58)27-28-47(56)59/h7,21-23,25-28,30-31,35,39,42,45,50,57H,1,8-20,24,29,32-33H2,2-6H3/b34-21-/t35-,39+,42+,45+,50-/m0/s1. The Hall–Kier alpha value is -5.18. The predicted octanol–water partition coefficient (Wildman–Crippen LogP) is 11.6. The number of amides is 2. The van der Waals surface area contributed by atoms with E-state index in [0.717, 1.165) is 84.1 Å². The number of ketones is 1. The molecule has 13 nitrogen and oxygen atoms in total. The summed E-state index contributed by atoms with van der Waals surface area (Å²) in [6, 6.07) is 10.6. The van der Waals surface area contributed by atoms with E-state index in [9.17, 15) is 33.9 Å². The molecule has 5 atom stereocenters. The summed E-state index contributed by atoms with van der Waals surface area (Å²) in [6.45, 7) is 13.2. The number of esters is 2. The molecule has 0 aliphatic carbocycles. The van der Waals surface area contributed by atoms with Crippen molar-refractivity contribution in [3.8, 4) is 5.75 Å². The molecule has 15 heteroatoms. The second-order valence-electron chi connectivity index (χ2n) is 18.6. The number of hydrogen-bond donors (Lipinski definition) is 1. The highest BCUT2D eigenvalue weighted by Crippen LogP contribution is 2.37. The Morgan fingerprint density at radius 1 is 0.985 bits per heavy atom. The van der Waals surface area contributed by atoms with E-state index in [1.807, 2.05) is 39.0 Å². The van der Waals surface area contributed by atoms with Gasteiger partial charge in [0.1, 0.15) is 30.3 Å². The Morgan fingerprint density at radius 2 is 1.68 bits per heavy atom.